The average molecular weight is 343 g/mol. The van der Waals surface area contributed by atoms with E-state index >= 15 is 0 Å². The lowest BCUT2D eigenvalue weighted by atomic mass is 9.99. The summed E-state index contributed by atoms with van der Waals surface area (Å²) in [4.78, 5) is 13.5. The number of quaternary nitrogens is 1. The van der Waals surface area contributed by atoms with Crippen LogP contribution in [0.4, 0.5) is 14.5 Å². The van der Waals surface area contributed by atoms with Crippen molar-refractivity contribution in [1.29, 1.82) is 0 Å². The predicted molar refractivity (Wildman–Crippen MR) is 94.2 cm³/mol. The summed E-state index contributed by atoms with van der Waals surface area (Å²) in [6.07, 6.45) is 3.08. The molecule has 3 rings (SSSR count). The molecule has 0 saturated carbocycles. The van der Waals surface area contributed by atoms with Gasteiger partial charge in [-0.1, -0.05) is 30.3 Å². The van der Waals surface area contributed by atoms with Crippen LogP contribution in [0.3, 0.4) is 0 Å². The van der Waals surface area contributed by atoms with Crippen molar-refractivity contribution in [2.24, 2.45) is 0 Å². The van der Waals surface area contributed by atoms with Gasteiger partial charge in [0.2, 0.25) is 0 Å². The van der Waals surface area contributed by atoms with E-state index < -0.39 is 11.6 Å². The smallest absolute Gasteiger partial charge is 0.282 e. The van der Waals surface area contributed by atoms with Crippen molar-refractivity contribution in [2.75, 3.05) is 18.4 Å². The van der Waals surface area contributed by atoms with Gasteiger partial charge in [0.25, 0.3) is 5.91 Å². The second kappa shape index (κ2) is 7.57. The molecule has 2 N–H and O–H groups in total. The first-order chi connectivity index (χ1) is 12.0. The van der Waals surface area contributed by atoms with Crippen molar-refractivity contribution in [3.05, 3.63) is 71.8 Å². The quantitative estimate of drug-likeness (QED) is 0.879. The number of halogens is 2. The maximum absolute atomic E-state index is 13.3. The first-order valence-electron chi connectivity index (χ1n) is 8.39. The largest absolute Gasteiger partial charge is 0.321 e. The Morgan fingerprint density at radius 2 is 1.88 bits per heavy atom. The molecule has 2 aromatic rings. The number of hydrogen-bond acceptors (Lipinski definition) is 1. The summed E-state index contributed by atoms with van der Waals surface area (Å²) in [6, 6.07) is 13.3. The molecular weight excluding hydrogens is 322 g/mol. The van der Waals surface area contributed by atoms with Gasteiger partial charge in [0, 0.05) is 18.2 Å². The first-order valence-corrected chi connectivity index (χ1v) is 8.39. The van der Waals surface area contributed by atoms with E-state index in [2.05, 4.69) is 23.5 Å². The molecule has 1 heterocycles. The second-order valence-electron chi connectivity index (χ2n) is 6.30. The zero-order chi connectivity index (χ0) is 17.8. The first kappa shape index (κ1) is 17.3. The maximum Gasteiger partial charge on any atom is 0.282 e. The van der Waals surface area contributed by atoms with Crippen molar-refractivity contribution in [3.63, 3.8) is 0 Å². The molecule has 1 unspecified atom stereocenters. The summed E-state index contributed by atoms with van der Waals surface area (Å²) in [5.41, 5.74) is 2.80. The summed E-state index contributed by atoms with van der Waals surface area (Å²) in [5, 5.41) is 2.66. The van der Waals surface area contributed by atoms with Gasteiger partial charge in [-0.05, 0) is 36.3 Å². The van der Waals surface area contributed by atoms with Crippen molar-refractivity contribution < 1.29 is 18.5 Å². The van der Waals surface area contributed by atoms with Crippen LogP contribution in [0.15, 0.2) is 54.6 Å². The number of carbonyl (C=O) groups is 1. The van der Waals surface area contributed by atoms with Gasteiger partial charge < -0.3 is 10.2 Å². The van der Waals surface area contributed by atoms with Gasteiger partial charge in [-0.25, -0.2) is 8.78 Å². The van der Waals surface area contributed by atoms with Gasteiger partial charge in [0.05, 0.1) is 13.1 Å². The SMILES string of the molecule is C[C@H](C(=O)Nc1ccc(F)c(F)c1)[NH+]1CC=C(c2ccccc2)CC1. The summed E-state index contributed by atoms with van der Waals surface area (Å²) in [6.45, 7) is 3.47. The van der Waals surface area contributed by atoms with E-state index in [0.717, 1.165) is 36.5 Å². The van der Waals surface area contributed by atoms with E-state index in [1.807, 2.05) is 25.1 Å². The fourth-order valence-corrected chi connectivity index (χ4v) is 3.07. The van der Waals surface area contributed by atoms with Crippen molar-refractivity contribution in [2.45, 2.75) is 19.4 Å². The van der Waals surface area contributed by atoms with Crippen LogP contribution in [-0.4, -0.2) is 25.0 Å². The van der Waals surface area contributed by atoms with E-state index in [4.69, 9.17) is 0 Å². The molecule has 0 fully saturated rings. The highest BCUT2D eigenvalue weighted by Gasteiger charge is 2.27. The molecule has 3 nitrogen and oxygen atoms in total. The van der Waals surface area contributed by atoms with Crippen LogP contribution in [0.5, 0.6) is 0 Å². The van der Waals surface area contributed by atoms with Gasteiger partial charge in [-0.2, -0.15) is 0 Å². The minimum atomic E-state index is -0.966. The van der Waals surface area contributed by atoms with E-state index in [-0.39, 0.29) is 17.6 Å². The van der Waals surface area contributed by atoms with Crippen molar-refractivity contribution in [1.82, 2.24) is 0 Å². The summed E-state index contributed by atoms with van der Waals surface area (Å²) >= 11 is 0. The van der Waals surface area contributed by atoms with Crippen LogP contribution in [0, 0.1) is 11.6 Å². The highest BCUT2D eigenvalue weighted by atomic mass is 19.2. The third kappa shape index (κ3) is 4.12. The van der Waals surface area contributed by atoms with Crippen LogP contribution in [0.2, 0.25) is 0 Å². The van der Waals surface area contributed by atoms with Gasteiger partial charge in [-0.15, -0.1) is 0 Å². The molecular formula is C20H21F2N2O+. The molecule has 0 spiro atoms. The number of carbonyl (C=O) groups excluding carboxylic acids is 1. The highest BCUT2D eigenvalue weighted by molar-refractivity contribution is 5.93. The zero-order valence-electron chi connectivity index (χ0n) is 14.1. The minimum absolute atomic E-state index is 0.197. The van der Waals surface area contributed by atoms with Crippen LogP contribution in [-0.2, 0) is 4.79 Å². The molecule has 0 radical (unpaired) electrons. The molecule has 2 aromatic carbocycles. The lowest BCUT2D eigenvalue weighted by Crippen LogP contribution is -3.17. The molecule has 130 valence electrons. The Bertz CT molecular complexity index is 790. The number of benzene rings is 2. The number of anilines is 1. The molecule has 5 heteroatoms. The monoisotopic (exact) mass is 343 g/mol. The van der Waals surface area contributed by atoms with Gasteiger partial charge >= 0.3 is 0 Å². The molecule has 2 atom stereocenters. The topological polar surface area (TPSA) is 33.5 Å². The molecule has 25 heavy (non-hydrogen) atoms. The van der Waals surface area contributed by atoms with Crippen molar-refractivity contribution in [3.8, 4) is 0 Å². The molecule has 0 aromatic heterocycles. The molecule has 0 bridgehead atoms. The Morgan fingerprint density at radius 1 is 1.12 bits per heavy atom. The molecule has 1 aliphatic rings. The maximum atomic E-state index is 13.3. The Morgan fingerprint density at radius 3 is 2.52 bits per heavy atom. The van der Waals surface area contributed by atoms with Crippen LogP contribution >= 0.6 is 0 Å². The fraction of sp³-hybridized carbons (Fsp3) is 0.250. The predicted octanol–water partition coefficient (Wildman–Crippen LogP) is 2.66. The van der Waals surface area contributed by atoms with Crippen LogP contribution < -0.4 is 10.2 Å². The van der Waals surface area contributed by atoms with Crippen molar-refractivity contribution >= 4 is 17.2 Å². The Hall–Kier alpha value is -2.53. The minimum Gasteiger partial charge on any atom is -0.321 e. The van der Waals surface area contributed by atoms with Crippen LogP contribution in [0.25, 0.3) is 5.57 Å². The van der Waals surface area contributed by atoms with E-state index in [1.165, 1.54) is 17.2 Å². The zero-order valence-corrected chi connectivity index (χ0v) is 14.1. The second-order valence-corrected chi connectivity index (χ2v) is 6.30. The Kier molecular flexibility index (Phi) is 5.24. The Balaban J connectivity index is 1.61. The molecule has 1 amide bonds. The van der Waals surface area contributed by atoms with E-state index in [1.54, 1.807) is 0 Å². The third-order valence-corrected chi connectivity index (χ3v) is 4.66. The molecule has 0 saturated heterocycles. The Labute approximate surface area is 146 Å². The normalized spacial score (nSPS) is 18.4. The van der Waals surface area contributed by atoms with E-state index in [0.29, 0.717) is 0 Å². The lowest BCUT2D eigenvalue weighted by Gasteiger charge is -2.28. The summed E-state index contributed by atoms with van der Waals surface area (Å²) in [5.74, 6) is -2.09. The van der Waals surface area contributed by atoms with E-state index in [9.17, 15) is 13.6 Å². The third-order valence-electron chi connectivity index (χ3n) is 4.66. The summed E-state index contributed by atoms with van der Waals surface area (Å²) in [7, 11) is 0. The number of amides is 1. The standard InChI is InChI=1S/C20H20F2N2O/c1-14(20(25)23-17-7-8-18(21)19(22)13-17)24-11-9-16(10-12-24)15-5-3-2-4-6-15/h2-9,13-14H,10-12H2,1H3,(H,23,25)/p+1/t14-/m1/s1. The van der Waals surface area contributed by atoms with Gasteiger partial charge in [0.1, 0.15) is 0 Å². The van der Waals surface area contributed by atoms with Crippen LogP contribution in [0.1, 0.15) is 18.9 Å². The number of rotatable bonds is 4. The average Bonchev–Trinajstić information content (AvgIpc) is 2.65. The number of hydrogen-bond donors (Lipinski definition) is 2. The van der Waals surface area contributed by atoms with Gasteiger partial charge in [0.15, 0.2) is 17.7 Å². The highest BCUT2D eigenvalue weighted by Crippen LogP contribution is 2.18. The molecule has 0 aliphatic carbocycles. The lowest BCUT2D eigenvalue weighted by molar-refractivity contribution is -0.909. The fourth-order valence-electron chi connectivity index (χ4n) is 3.07. The van der Waals surface area contributed by atoms with Gasteiger partial charge in [-0.3, -0.25) is 4.79 Å². The molecule has 1 aliphatic heterocycles. The summed E-state index contributed by atoms with van der Waals surface area (Å²) < 4.78 is 26.2. The number of nitrogens with one attached hydrogen (secondary N) is 2.